The normalized spacial score (nSPS) is 18.2. The Morgan fingerprint density at radius 3 is 2.96 bits per heavy atom. The molecule has 0 aliphatic carbocycles. The zero-order valence-corrected chi connectivity index (χ0v) is 14.2. The SMILES string of the molecule is CCc1csc([C@@H]2CCCN(C(=O)c3ccc(=O)n(C)n3)C2)n1. The molecule has 3 rings (SSSR count). The smallest absolute Gasteiger partial charge is 0.274 e. The molecule has 0 N–H and O–H groups in total. The molecule has 2 aromatic heterocycles. The Bertz CT molecular complexity index is 767. The van der Waals surface area contributed by atoms with Gasteiger partial charge in [0.05, 0.1) is 10.7 Å². The van der Waals surface area contributed by atoms with Crippen molar-refractivity contribution in [3.63, 3.8) is 0 Å². The van der Waals surface area contributed by atoms with Crippen LogP contribution >= 0.6 is 11.3 Å². The highest BCUT2D eigenvalue weighted by atomic mass is 32.1. The van der Waals surface area contributed by atoms with Gasteiger partial charge < -0.3 is 4.90 Å². The first kappa shape index (κ1) is 15.9. The van der Waals surface area contributed by atoms with Crippen LogP contribution in [-0.4, -0.2) is 38.7 Å². The summed E-state index contributed by atoms with van der Waals surface area (Å²) in [5, 5.41) is 7.28. The number of nitrogens with zero attached hydrogens (tertiary/aromatic N) is 4. The second-order valence-corrected chi connectivity index (χ2v) is 6.69. The van der Waals surface area contributed by atoms with Crippen LogP contribution in [0.5, 0.6) is 0 Å². The molecule has 0 spiro atoms. The van der Waals surface area contributed by atoms with Gasteiger partial charge in [0.2, 0.25) is 0 Å². The third-order valence-corrected chi connectivity index (χ3v) is 5.23. The van der Waals surface area contributed by atoms with Crippen LogP contribution in [0, 0.1) is 0 Å². The fraction of sp³-hybridized carbons (Fsp3) is 0.500. The zero-order chi connectivity index (χ0) is 16.4. The van der Waals surface area contributed by atoms with E-state index >= 15 is 0 Å². The van der Waals surface area contributed by atoms with Gasteiger partial charge in [0.1, 0.15) is 5.69 Å². The topological polar surface area (TPSA) is 68.1 Å². The Hall–Kier alpha value is -2.02. The van der Waals surface area contributed by atoms with Gasteiger partial charge in [-0.2, -0.15) is 5.10 Å². The average Bonchev–Trinajstić information content (AvgIpc) is 3.06. The van der Waals surface area contributed by atoms with Gasteiger partial charge in [-0.1, -0.05) is 6.92 Å². The van der Waals surface area contributed by atoms with Gasteiger partial charge in [0.25, 0.3) is 11.5 Å². The van der Waals surface area contributed by atoms with Gasteiger partial charge in [0, 0.05) is 37.5 Å². The molecule has 2 aromatic rings. The average molecular weight is 332 g/mol. The summed E-state index contributed by atoms with van der Waals surface area (Å²) in [6.07, 6.45) is 2.96. The van der Waals surface area contributed by atoms with Crippen LogP contribution in [0.3, 0.4) is 0 Å². The molecule has 0 radical (unpaired) electrons. The second kappa shape index (κ2) is 6.62. The molecule has 1 amide bonds. The van der Waals surface area contributed by atoms with E-state index in [1.807, 2.05) is 4.90 Å². The first-order valence-corrected chi connectivity index (χ1v) is 8.74. The fourth-order valence-corrected chi connectivity index (χ4v) is 3.85. The number of hydrogen-bond acceptors (Lipinski definition) is 5. The Labute approximate surface area is 138 Å². The van der Waals surface area contributed by atoms with Crippen molar-refractivity contribution in [2.24, 2.45) is 7.05 Å². The Kier molecular flexibility index (Phi) is 4.56. The van der Waals surface area contributed by atoms with E-state index in [1.54, 1.807) is 18.4 Å². The van der Waals surface area contributed by atoms with Crippen molar-refractivity contribution in [3.05, 3.63) is 44.3 Å². The Balaban J connectivity index is 1.76. The summed E-state index contributed by atoms with van der Waals surface area (Å²) in [5.74, 6) is 0.183. The van der Waals surface area contributed by atoms with Crippen molar-refractivity contribution in [1.82, 2.24) is 19.7 Å². The highest BCUT2D eigenvalue weighted by Gasteiger charge is 2.28. The summed E-state index contributed by atoms with van der Waals surface area (Å²) in [4.78, 5) is 30.5. The van der Waals surface area contributed by atoms with E-state index in [0.29, 0.717) is 18.2 Å². The van der Waals surface area contributed by atoms with Crippen molar-refractivity contribution in [1.29, 1.82) is 0 Å². The van der Waals surface area contributed by atoms with E-state index in [1.165, 1.54) is 16.8 Å². The van der Waals surface area contributed by atoms with E-state index in [9.17, 15) is 9.59 Å². The Morgan fingerprint density at radius 1 is 1.43 bits per heavy atom. The van der Waals surface area contributed by atoms with E-state index in [2.05, 4.69) is 22.4 Å². The number of thiazole rings is 1. The van der Waals surface area contributed by atoms with Crippen LogP contribution in [0.4, 0.5) is 0 Å². The van der Waals surface area contributed by atoms with E-state index in [4.69, 9.17) is 0 Å². The lowest BCUT2D eigenvalue weighted by molar-refractivity contribution is 0.0698. The molecule has 1 atom stereocenters. The minimum Gasteiger partial charge on any atom is -0.337 e. The molecular weight excluding hydrogens is 312 g/mol. The van der Waals surface area contributed by atoms with Crippen LogP contribution in [0.1, 0.15) is 46.9 Å². The molecule has 3 heterocycles. The number of rotatable bonds is 3. The van der Waals surface area contributed by atoms with Crippen molar-refractivity contribution >= 4 is 17.2 Å². The molecule has 0 aromatic carbocycles. The summed E-state index contributed by atoms with van der Waals surface area (Å²) in [6.45, 7) is 3.49. The first-order valence-electron chi connectivity index (χ1n) is 7.86. The van der Waals surface area contributed by atoms with Gasteiger partial charge in [-0.05, 0) is 25.3 Å². The largest absolute Gasteiger partial charge is 0.337 e. The lowest BCUT2D eigenvalue weighted by Crippen LogP contribution is -2.40. The minimum atomic E-state index is -0.215. The van der Waals surface area contributed by atoms with Crippen LogP contribution in [0.2, 0.25) is 0 Å². The molecule has 1 aliphatic rings. The number of piperidine rings is 1. The number of carbonyl (C=O) groups is 1. The maximum atomic E-state index is 12.6. The molecule has 1 fully saturated rings. The monoisotopic (exact) mass is 332 g/mol. The molecule has 6 nitrogen and oxygen atoms in total. The maximum Gasteiger partial charge on any atom is 0.274 e. The van der Waals surface area contributed by atoms with Gasteiger partial charge >= 0.3 is 0 Å². The predicted molar refractivity (Wildman–Crippen MR) is 88.8 cm³/mol. The number of amides is 1. The lowest BCUT2D eigenvalue weighted by Gasteiger charge is -2.31. The van der Waals surface area contributed by atoms with E-state index < -0.39 is 0 Å². The summed E-state index contributed by atoms with van der Waals surface area (Å²) < 4.78 is 1.20. The molecule has 0 unspecified atom stereocenters. The van der Waals surface area contributed by atoms with Gasteiger partial charge in [-0.3, -0.25) is 9.59 Å². The highest BCUT2D eigenvalue weighted by Crippen LogP contribution is 2.29. The molecule has 1 aliphatic heterocycles. The summed E-state index contributed by atoms with van der Waals surface area (Å²) in [6, 6.07) is 2.89. The van der Waals surface area contributed by atoms with E-state index in [0.717, 1.165) is 36.5 Å². The van der Waals surface area contributed by atoms with Crippen LogP contribution < -0.4 is 5.56 Å². The summed E-state index contributed by atoms with van der Waals surface area (Å²) >= 11 is 1.68. The second-order valence-electron chi connectivity index (χ2n) is 5.80. The Morgan fingerprint density at radius 2 is 2.26 bits per heavy atom. The van der Waals surface area contributed by atoms with Crippen molar-refractivity contribution in [2.45, 2.75) is 32.1 Å². The maximum absolute atomic E-state index is 12.6. The van der Waals surface area contributed by atoms with Gasteiger partial charge in [-0.15, -0.1) is 11.3 Å². The zero-order valence-electron chi connectivity index (χ0n) is 13.4. The molecular formula is C16H20N4O2S. The number of aromatic nitrogens is 3. The van der Waals surface area contributed by atoms with Crippen LogP contribution in [-0.2, 0) is 13.5 Å². The predicted octanol–water partition coefficient (Wildman–Crippen LogP) is 1.82. The molecule has 23 heavy (non-hydrogen) atoms. The standard InChI is InChI=1S/C16H20N4O2S/c1-3-12-10-23-15(17-12)11-5-4-8-20(9-11)16(22)13-6-7-14(21)19(2)18-13/h6-7,10-11H,3-5,8-9H2,1-2H3/t11-/m1/s1. The van der Waals surface area contributed by atoms with Crippen molar-refractivity contribution in [2.75, 3.05) is 13.1 Å². The molecule has 7 heteroatoms. The number of aryl methyl sites for hydroxylation is 2. The number of carbonyl (C=O) groups excluding carboxylic acids is 1. The number of hydrogen-bond donors (Lipinski definition) is 0. The molecule has 1 saturated heterocycles. The molecule has 0 bridgehead atoms. The van der Waals surface area contributed by atoms with Gasteiger partial charge in [0.15, 0.2) is 0 Å². The first-order chi connectivity index (χ1) is 11.1. The summed E-state index contributed by atoms with van der Waals surface area (Å²) in [5.41, 5.74) is 1.22. The van der Waals surface area contributed by atoms with Crippen LogP contribution in [0.15, 0.2) is 22.3 Å². The third-order valence-electron chi connectivity index (χ3n) is 4.17. The third kappa shape index (κ3) is 3.34. The fourth-order valence-electron chi connectivity index (χ4n) is 2.81. The van der Waals surface area contributed by atoms with Crippen molar-refractivity contribution in [3.8, 4) is 0 Å². The quantitative estimate of drug-likeness (QED) is 0.860. The number of likely N-dealkylation sites (tertiary alicyclic amines) is 1. The highest BCUT2D eigenvalue weighted by molar-refractivity contribution is 7.09. The van der Waals surface area contributed by atoms with Crippen molar-refractivity contribution < 1.29 is 4.79 Å². The molecule has 122 valence electrons. The van der Waals surface area contributed by atoms with Crippen LogP contribution in [0.25, 0.3) is 0 Å². The molecule has 0 saturated carbocycles. The van der Waals surface area contributed by atoms with Gasteiger partial charge in [-0.25, -0.2) is 9.67 Å². The van der Waals surface area contributed by atoms with E-state index in [-0.39, 0.29) is 11.5 Å². The lowest BCUT2D eigenvalue weighted by atomic mass is 9.98. The summed E-state index contributed by atoms with van der Waals surface area (Å²) in [7, 11) is 1.56. The minimum absolute atomic E-state index is 0.113.